The van der Waals surface area contributed by atoms with Gasteiger partial charge in [-0.3, -0.25) is 0 Å². The van der Waals surface area contributed by atoms with Crippen LogP contribution in [-0.2, 0) is 0 Å². The van der Waals surface area contributed by atoms with Gasteiger partial charge in [0.25, 0.3) is 0 Å². The number of anilines is 1. The van der Waals surface area contributed by atoms with Gasteiger partial charge in [-0.2, -0.15) is 0 Å². The van der Waals surface area contributed by atoms with Gasteiger partial charge >= 0.3 is 6.03 Å². The number of hydrogen-bond donors (Lipinski definition) is 4. The van der Waals surface area contributed by atoms with Crippen molar-refractivity contribution in [3.63, 3.8) is 0 Å². The molecule has 0 aliphatic rings. The zero-order chi connectivity index (χ0) is 10.0. The van der Waals surface area contributed by atoms with E-state index in [1.165, 1.54) is 12.1 Å². The highest BCUT2D eigenvalue weighted by Gasteiger charge is 2.09. The number of benzene rings is 1. The van der Waals surface area contributed by atoms with Gasteiger partial charge in [-0.25, -0.2) is 4.79 Å². The maximum Gasteiger partial charge on any atom is 0.316 e. The van der Waals surface area contributed by atoms with E-state index in [9.17, 15) is 15.0 Å². The molecule has 5 heteroatoms. The Labute approximate surface area is 74.8 Å². The van der Waals surface area contributed by atoms with E-state index in [0.29, 0.717) is 5.56 Å². The fourth-order valence-electron chi connectivity index (χ4n) is 0.967. The molecule has 5 nitrogen and oxygen atoms in total. The van der Waals surface area contributed by atoms with Crippen LogP contribution in [0.5, 0.6) is 11.5 Å². The Bertz CT molecular complexity index is 349. The van der Waals surface area contributed by atoms with Crippen molar-refractivity contribution in [1.29, 1.82) is 0 Å². The third-order valence-corrected chi connectivity index (χ3v) is 1.66. The van der Waals surface area contributed by atoms with Crippen molar-refractivity contribution in [2.45, 2.75) is 6.92 Å². The van der Waals surface area contributed by atoms with Crippen LogP contribution in [-0.4, -0.2) is 16.2 Å². The molecule has 0 atom stereocenters. The van der Waals surface area contributed by atoms with E-state index in [1.807, 2.05) is 0 Å². The lowest BCUT2D eigenvalue weighted by atomic mass is 10.1. The highest BCUT2D eigenvalue weighted by atomic mass is 16.3. The fraction of sp³-hybridized carbons (Fsp3) is 0.125. The molecule has 1 aromatic carbocycles. The lowest BCUT2D eigenvalue weighted by molar-refractivity contribution is 0.259. The molecule has 0 fully saturated rings. The molecule has 5 N–H and O–H groups in total. The van der Waals surface area contributed by atoms with Gasteiger partial charge in [-0.05, 0) is 19.1 Å². The van der Waals surface area contributed by atoms with Crippen molar-refractivity contribution in [2.24, 2.45) is 5.73 Å². The van der Waals surface area contributed by atoms with Crippen LogP contribution in [0.15, 0.2) is 12.1 Å². The molecule has 0 saturated heterocycles. The number of carbonyl (C=O) groups is 1. The average molecular weight is 182 g/mol. The van der Waals surface area contributed by atoms with E-state index < -0.39 is 6.03 Å². The average Bonchev–Trinajstić information content (AvgIpc) is 2.05. The van der Waals surface area contributed by atoms with Gasteiger partial charge in [-0.1, -0.05) is 0 Å². The highest BCUT2D eigenvalue weighted by molar-refractivity contribution is 5.91. The highest BCUT2D eigenvalue weighted by Crippen LogP contribution is 2.32. The molecular weight excluding hydrogens is 172 g/mol. The van der Waals surface area contributed by atoms with Crippen molar-refractivity contribution in [3.05, 3.63) is 17.7 Å². The summed E-state index contributed by atoms with van der Waals surface area (Å²) >= 11 is 0. The number of nitrogens with one attached hydrogen (secondary N) is 1. The van der Waals surface area contributed by atoms with Crippen LogP contribution in [0.25, 0.3) is 0 Å². The third kappa shape index (κ3) is 1.81. The zero-order valence-corrected chi connectivity index (χ0v) is 7.03. The summed E-state index contributed by atoms with van der Waals surface area (Å²) < 4.78 is 0. The normalized spacial score (nSPS) is 9.62. The number of primary amides is 1. The van der Waals surface area contributed by atoms with Crippen LogP contribution in [0.4, 0.5) is 10.5 Å². The van der Waals surface area contributed by atoms with Gasteiger partial charge in [0.2, 0.25) is 0 Å². The molecule has 13 heavy (non-hydrogen) atoms. The molecule has 0 heterocycles. The topological polar surface area (TPSA) is 95.6 Å². The smallest absolute Gasteiger partial charge is 0.316 e. The van der Waals surface area contributed by atoms with Crippen LogP contribution in [0.2, 0.25) is 0 Å². The summed E-state index contributed by atoms with van der Waals surface area (Å²) in [5.41, 5.74) is 5.38. The number of amides is 2. The fourth-order valence-corrected chi connectivity index (χ4v) is 0.967. The molecule has 70 valence electrons. The van der Waals surface area contributed by atoms with Crippen LogP contribution >= 0.6 is 0 Å². The van der Waals surface area contributed by atoms with Crippen molar-refractivity contribution in [1.82, 2.24) is 0 Å². The minimum absolute atomic E-state index is 0.0125. The molecule has 0 bridgehead atoms. The summed E-state index contributed by atoms with van der Waals surface area (Å²) in [6.07, 6.45) is 0. The summed E-state index contributed by atoms with van der Waals surface area (Å²) in [5, 5.41) is 20.7. The predicted octanol–water partition coefficient (Wildman–Crippen LogP) is 0.897. The number of carbonyl (C=O) groups excluding carboxylic acids is 1. The predicted molar refractivity (Wildman–Crippen MR) is 47.7 cm³/mol. The van der Waals surface area contributed by atoms with E-state index >= 15 is 0 Å². The molecular formula is C8H10N2O3. The summed E-state index contributed by atoms with van der Waals surface area (Å²) in [6, 6.07) is 1.81. The van der Waals surface area contributed by atoms with Crippen molar-refractivity contribution in [2.75, 3.05) is 5.32 Å². The van der Waals surface area contributed by atoms with Crippen LogP contribution < -0.4 is 11.1 Å². The summed E-state index contributed by atoms with van der Waals surface area (Å²) in [5.74, 6) is -0.143. The number of phenolic OH excluding ortho intramolecular Hbond substituents is 2. The molecule has 0 aliphatic carbocycles. The Kier molecular flexibility index (Phi) is 2.27. The maximum absolute atomic E-state index is 10.5. The Hall–Kier alpha value is -1.91. The zero-order valence-electron chi connectivity index (χ0n) is 7.03. The van der Waals surface area contributed by atoms with Gasteiger partial charge < -0.3 is 21.3 Å². The SMILES string of the molecule is Cc1c(O)ccc(O)c1NC(N)=O. The van der Waals surface area contributed by atoms with E-state index in [-0.39, 0.29) is 17.2 Å². The molecule has 0 saturated carbocycles. The number of urea groups is 1. The molecule has 0 spiro atoms. The van der Waals surface area contributed by atoms with Crippen molar-refractivity contribution >= 4 is 11.7 Å². The molecule has 0 unspecified atom stereocenters. The van der Waals surface area contributed by atoms with Crippen LogP contribution in [0.3, 0.4) is 0 Å². The first kappa shape index (κ1) is 9.18. The van der Waals surface area contributed by atoms with Gasteiger partial charge in [0, 0.05) is 5.56 Å². The first-order valence-electron chi connectivity index (χ1n) is 3.60. The summed E-state index contributed by atoms with van der Waals surface area (Å²) in [7, 11) is 0. The molecule has 2 amide bonds. The minimum Gasteiger partial charge on any atom is -0.508 e. The summed E-state index contributed by atoms with van der Waals surface area (Å²) in [6.45, 7) is 1.56. The van der Waals surface area contributed by atoms with Crippen LogP contribution in [0.1, 0.15) is 5.56 Å². The maximum atomic E-state index is 10.5. The Morgan fingerprint density at radius 1 is 1.38 bits per heavy atom. The molecule has 1 aromatic rings. The van der Waals surface area contributed by atoms with E-state index in [1.54, 1.807) is 6.92 Å². The minimum atomic E-state index is -0.788. The second-order valence-electron chi connectivity index (χ2n) is 2.59. The Morgan fingerprint density at radius 2 is 1.92 bits per heavy atom. The second-order valence-corrected chi connectivity index (χ2v) is 2.59. The van der Waals surface area contributed by atoms with Gasteiger partial charge in [0.1, 0.15) is 11.5 Å². The summed E-state index contributed by atoms with van der Waals surface area (Å²) in [4.78, 5) is 10.5. The number of hydrogen-bond acceptors (Lipinski definition) is 3. The Balaban J connectivity index is 3.17. The first-order chi connectivity index (χ1) is 6.02. The standard InChI is InChI=1S/C8H10N2O3/c1-4-5(11)2-3-6(12)7(4)10-8(9)13/h2-3,11-12H,1H3,(H3,9,10,13). The Morgan fingerprint density at radius 3 is 2.46 bits per heavy atom. The third-order valence-electron chi connectivity index (χ3n) is 1.66. The lowest BCUT2D eigenvalue weighted by Crippen LogP contribution is -2.19. The van der Waals surface area contributed by atoms with E-state index in [4.69, 9.17) is 5.73 Å². The van der Waals surface area contributed by atoms with Gasteiger partial charge in [-0.15, -0.1) is 0 Å². The largest absolute Gasteiger partial charge is 0.508 e. The number of nitrogens with two attached hydrogens (primary N) is 1. The second kappa shape index (κ2) is 3.22. The monoisotopic (exact) mass is 182 g/mol. The van der Waals surface area contributed by atoms with Crippen molar-refractivity contribution < 1.29 is 15.0 Å². The molecule has 0 radical (unpaired) electrons. The molecule has 0 aromatic heterocycles. The van der Waals surface area contributed by atoms with Gasteiger partial charge in [0.15, 0.2) is 0 Å². The van der Waals surface area contributed by atoms with Gasteiger partial charge in [0.05, 0.1) is 5.69 Å². The number of aromatic hydroxyl groups is 2. The van der Waals surface area contributed by atoms with Crippen LogP contribution in [0, 0.1) is 6.92 Å². The lowest BCUT2D eigenvalue weighted by Gasteiger charge is -2.09. The first-order valence-corrected chi connectivity index (χ1v) is 3.60. The molecule has 1 rings (SSSR count). The van der Waals surface area contributed by atoms with E-state index in [2.05, 4.69) is 5.32 Å². The number of rotatable bonds is 1. The van der Waals surface area contributed by atoms with E-state index in [0.717, 1.165) is 0 Å². The van der Waals surface area contributed by atoms with Crippen molar-refractivity contribution in [3.8, 4) is 11.5 Å². The number of phenols is 2. The molecule has 0 aliphatic heterocycles. The quantitative estimate of drug-likeness (QED) is 0.383.